The van der Waals surface area contributed by atoms with Gasteiger partial charge in [0, 0.05) is 6.04 Å². The van der Waals surface area contributed by atoms with Crippen LogP contribution in [0.3, 0.4) is 0 Å². The predicted molar refractivity (Wildman–Crippen MR) is 88.2 cm³/mol. The highest BCUT2D eigenvalue weighted by Gasteiger charge is 2.30. The molecule has 2 heteroatoms. The predicted octanol–water partition coefficient (Wildman–Crippen LogP) is 4.75. The van der Waals surface area contributed by atoms with Crippen molar-refractivity contribution in [2.24, 2.45) is 0 Å². The maximum absolute atomic E-state index is 5.67. The van der Waals surface area contributed by atoms with E-state index >= 15 is 0 Å². The summed E-state index contributed by atoms with van der Waals surface area (Å²) in [5, 5.41) is 3.62. The molecule has 0 aromatic heterocycles. The quantitative estimate of drug-likeness (QED) is 0.853. The van der Waals surface area contributed by atoms with E-state index in [2.05, 4.69) is 48.6 Å². The Balaban J connectivity index is 1.58. The van der Waals surface area contributed by atoms with Gasteiger partial charge in [-0.25, -0.2) is 0 Å². The lowest BCUT2D eigenvalue weighted by atomic mass is 9.75. The van der Waals surface area contributed by atoms with Gasteiger partial charge in [-0.1, -0.05) is 42.0 Å². The first kappa shape index (κ1) is 14.0. The highest BCUT2D eigenvalue weighted by molar-refractivity contribution is 5.57. The molecule has 110 valence electrons. The molecule has 1 saturated carbocycles. The fourth-order valence-corrected chi connectivity index (χ4v) is 2.93. The van der Waals surface area contributed by atoms with E-state index in [0.717, 1.165) is 11.4 Å². The Morgan fingerprint density at radius 3 is 2.48 bits per heavy atom. The topological polar surface area (TPSA) is 21.3 Å². The van der Waals surface area contributed by atoms with Crippen LogP contribution in [-0.2, 0) is 0 Å². The van der Waals surface area contributed by atoms with Crippen LogP contribution in [0.4, 0.5) is 5.69 Å². The minimum Gasteiger partial charge on any atom is -0.492 e. The molecular weight excluding hydrogens is 258 g/mol. The van der Waals surface area contributed by atoms with Crippen molar-refractivity contribution in [3.05, 3.63) is 59.7 Å². The third-order valence-electron chi connectivity index (χ3n) is 4.23. The molecule has 2 aromatic carbocycles. The number of nitrogens with one attached hydrogen (secondary N) is 1. The van der Waals surface area contributed by atoms with Crippen molar-refractivity contribution in [1.82, 2.24) is 0 Å². The number of benzene rings is 2. The van der Waals surface area contributed by atoms with E-state index in [9.17, 15) is 0 Å². The van der Waals surface area contributed by atoms with Gasteiger partial charge in [0.15, 0.2) is 0 Å². The SMILES string of the molecule is CCOc1ccccc1NC1CC(c2ccc(C)cc2)C1. The first-order valence-corrected chi connectivity index (χ1v) is 7.81. The molecule has 0 heterocycles. The van der Waals surface area contributed by atoms with Gasteiger partial charge >= 0.3 is 0 Å². The van der Waals surface area contributed by atoms with Gasteiger partial charge in [-0.15, -0.1) is 0 Å². The third kappa shape index (κ3) is 3.21. The first-order chi connectivity index (χ1) is 10.3. The number of ether oxygens (including phenoxy) is 1. The third-order valence-corrected chi connectivity index (χ3v) is 4.23. The number of hydrogen-bond donors (Lipinski definition) is 1. The molecule has 0 saturated heterocycles. The molecule has 21 heavy (non-hydrogen) atoms. The molecule has 1 fully saturated rings. The molecule has 0 amide bonds. The van der Waals surface area contributed by atoms with E-state index in [1.165, 1.54) is 24.0 Å². The molecule has 0 bridgehead atoms. The first-order valence-electron chi connectivity index (χ1n) is 7.81. The molecule has 3 rings (SSSR count). The molecule has 0 unspecified atom stereocenters. The summed E-state index contributed by atoms with van der Waals surface area (Å²) in [6.07, 6.45) is 2.40. The maximum Gasteiger partial charge on any atom is 0.142 e. The van der Waals surface area contributed by atoms with Crippen LogP contribution in [0.15, 0.2) is 48.5 Å². The maximum atomic E-state index is 5.67. The largest absolute Gasteiger partial charge is 0.492 e. The van der Waals surface area contributed by atoms with Crippen molar-refractivity contribution in [3.63, 3.8) is 0 Å². The van der Waals surface area contributed by atoms with E-state index in [1.54, 1.807) is 0 Å². The average molecular weight is 281 g/mol. The molecule has 0 radical (unpaired) electrons. The number of rotatable bonds is 5. The minimum atomic E-state index is 0.554. The van der Waals surface area contributed by atoms with Crippen molar-refractivity contribution < 1.29 is 4.74 Å². The van der Waals surface area contributed by atoms with E-state index in [1.807, 2.05) is 19.1 Å². The molecule has 0 atom stereocenters. The molecule has 2 nitrogen and oxygen atoms in total. The van der Waals surface area contributed by atoms with Crippen LogP contribution in [0, 0.1) is 6.92 Å². The highest BCUT2D eigenvalue weighted by Crippen LogP contribution is 2.39. The lowest BCUT2D eigenvalue weighted by molar-refractivity contribution is 0.337. The van der Waals surface area contributed by atoms with Crippen LogP contribution in [-0.4, -0.2) is 12.6 Å². The van der Waals surface area contributed by atoms with E-state index < -0.39 is 0 Å². The Kier molecular flexibility index (Phi) is 4.14. The van der Waals surface area contributed by atoms with Gasteiger partial charge < -0.3 is 10.1 Å². The Bertz CT molecular complexity index is 585. The van der Waals surface area contributed by atoms with Crippen molar-refractivity contribution in [3.8, 4) is 5.75 Å². The number of para-hydroxylation sites is 2. The van der Waals surface area contributed by atoms with E-state index in [0.29, 0.717) is 18.6 Å². The Hall–Kier alpha value is -1.96. The Morgan fingerprint density at radius 2 is 1.76 bits per heavy atom. The summed E-state index contributed by atoms with van der Waals surface area (Å²) >= 11 is 0. The smallest absolute Gasteiger partial charge is 0.142 e. The zero-order valence-corrected chi connectivity index (χ0v) is 12.8. The fraction of sp³-hybridized carbons (Fsp3) is 0.368. The van der Waals surface area contributed by atoms with Crippen LogP contribution < -0.4 is 10.1 Å². The van der Waals surface area contributed by atoms with Gasteiger partial charge in [0.2, 0.25) is 0 Å². The molecule has 2 aromatic rings. The minimum absolute atomic E-state index is 0.554. The highest BCUT2D eigenvalue weighted by atomic mass is 16.5. The summed E-state index contributed by atoms with van der Waals surface area (Å²) in [7, 11) is 0. The second-order valence-corrected chi connectivity index (χ2v) is 5.85. The van der Waals surface area contributed by atoms with Crippen molar-refractivity contribution in [1.29, 1.82) is 0 Å². The van der Waals surface area contributed by atoms with Crippen molar-refractivity contribution in [2.75, 3.05) is 11.9 Å². The zero-order valence-electron chi connectivity index (χ0n) is 12.8. The molecule has 0 spiro atoms. The van der Waals surface area contributed by atoms with E-state index in [-0.39, 0.29) is 0 Å². The van der Waals surface area contributed by atoms with Crippen LogP contribution in [0.25, 0.3) is 0 Å². The van der Waals surface area contributed by atoms with Crippen LogP contribution in [0.1, 0.15) is 36.8 Å². The summed E-state index contributed by atoms with van der Waals surface area (Å²) in [6, 6.07) is 17.7. The number of hydrogen-bond acceptors (Lipinski definition) is 2. The summed E-state index contributed by atoms with van der Waals surface area (Å²) in [5.74, 6) is 1.65. The molecular formula is C19H23NO. The monoisotopic (exact) mass is 281 g/mol. The molecule has 1 N–H and O–H groups in total. The summed E-state index contributed by atoms with van der Waals surface area (Å²) in [5.41, 5.74) is 3.92. The normalized spacial score (nSPS) is 20.7. The second kappa shape index (κ2) is 6.21. The molecule has 1 aliphatic carbocycles. The summed E-state index contributed by atoms with van der Waals surface area (Å²) in [6.45, 7) is 4.86. The fourth-order valence-electron chi connectivity index (χ4n) is 2.93. The van der Waals surface area contributed by atoms with Crippen LogP contribution in [0.2, 0.25) is 0 Å². The zero-order chi connectivity index (χ0) is 14.7. The number of aryl methyl sites for hydroxylation is 1. The van der Waals surface area contributed by atoms with Gasteiger partial charge in [0.25, 0.3) is 0 Å². The van der Waals surface area contributed by atoms with Gasteiger partial charge in [0.05, 0.1) is 12.3 Å². The summed E-state index contributed by atoms with van der Waals surface area (Å²) < 4.78 is 5.67. The number of anilines is 1. The van der Waals surface area contributed by atoms with Gasteiger partial charge in [-0.2, -0.15) is 0 Å². The van der Waals surface area contributed by atoms with Gasteiger partial charge in [-0.3, -0.25) is 0 Å². The molecule has 1 aliphatic rings. The van der Waals surface area contributed by atoms with Gasteiger partial charge in [0.1, 0.15) is 5.75 Å². The van der Waals surface area contributed by atoms with Crippen LogP contribution in [0.5, 0.6) is 5.75 Å². The van der Waals surface area contributed by atoms with Crippen LogP contribution >= 0.6 is 0 Å². The lowest BCUT2D eigenvalue weighted by Crippen LogP contribution is -2.34. The van der Waals surface area contributed by atoms with E-state index in [4.69, 9.17) is 4.74 Å². The Morgan fingerprint density at radius 1 is 1.05 bits per heavy atom. The molecule has 0 aliphatic heterocycles. The van der Waals surface area contributed by atoms with Gasteiger partial charge in [-0.05, 0) is 50.3 Å². The standard InChI is InChI=1S/C19H23NO/c1-3-21-19-7-5-4-6-18(19)20-17-12-16(13-17)15-10-8-14(2)9-11-15/h4-11,16-17,20H,3,12-13H2,1-2H3. The Labute approximate surface area is 127 Å². The average Bonchev–Trinajstić information content (AvgIpc) is 2.46. The van der Waals surface area contributed by atoms with Crippen molar-refractivity contribution in [2.45, 2.75) is 38.6 Å². The lowest BCUT2D eigenvalue weighted by Gasteiger charge is -2.37. The second-order valence-electron chi connectivity index (χ2n) is 5.85. The van der Waals surface area contributed by atoms with Crippen molar-refractivity contribution >= 4 is 5.69 Å². The summed E-state index contributed by atoms with van der Waals surface area (Å²) in [4.78, 5) is 0.